The zero-order valence-corrected chi connectivity index (χ0v) is 12.8. The molecule has 0 amide bonds. The van der Waals surface area contributed by atoms with Crippen molar-refractivity contribution in [2.45, 2.75) is 58.6 Å². The molecule has 0 radical (unpaired) electrons. The molecule has 0 aromatic heterocycles. The minimum absolute atomic E-state index is 0.0918. The van der Waals surface area contributed by atoms with E-state index in [1.165, 1.54) is 5.56 Å². The lowest BCUT2D eigenvalue weighted by atomic mass is 9.86. The second kappa shape index (κ2) is 5.33. The molecule has 1 aromatic carbocycles. The molecule has 0 saturated heterocycles. The molecule has 1 rings (SSSR count). The van der Waals surface area contributed by atoms with Gasteiger partial charge in [-0.15, -0.1) is 0 Å². The van der Waals surface area contributed by atoms with Gasteiger partial charge in [0.25, 0.3) is 0 Å². The topological polar surface area (TPSA) is 52.3 Å². The molecular formula is C16H25NO2. The Bertz CT molecular complexity index is 435. The molecule has 106 valence electrons. The summed E-state index contributed by atoms with van der Waals surface area (Å²) in [6.07, 6.45) is 0. The van der Waals surface area contributed by atoms with Crippen LogP contribution in [0.15, 0.2) is 24.3 Å². The summed E-state index contributed by atoms with van der Waals surface area (Å²) in [4.78, 5) is 11.9. The van der Waals surface area contributed by atoms with Gasteiger partial charge >= 0.3 is 5.97 Å². The summed E-state index contributed by atoms with van der Waals surface area (Å²) < 4.78 is 5.29. The van der Waals surface area contributed by atoms with Gasteiger partial charge in [0, 0.05) is 0 Å². The summed E-state index contributed by atoms with van der Waals surface area (Å²) in [6.45, 7) is 11.9. The smallest absolute Gasteiger partial charge is 0.328 e. The molecule has 3 nitrogen and oxygen atoms in total. The molecule has 0 fully saturated rings. The number of ether oxygens (including phenoxy) is 1. The van der Waals surface area contributed by atoms with Gasteiger partial charge in [0.05, 0.1) is 0 Å². The van der Waals surface area contributed by atoms with Crippen LogP contribution in [0.2, 0.25) is 0 Å². The van der Waals surface area contributed by atoms with Crippen molar-refractivity contribution in [3.63, 3.8) is 0 Å². The number of esters is 1. The van der Waals surface area contributed by atoms with Gasteiger partial charge in [0.1, 0.15) is 11.6 Å². The van der Waals surface area contributed by atoms with Gasteiger partial charge in [-0.1, -0.05) is 45.0 Å². The molecule has 3 heteroatoms. The van der Waals surface area contributed by atoms with Gasteiger partial charge in [0.15, 0.2) is 0 Å². The zero-order valence-electron chi connectivity index (χ0n) is 12.8. The molecule has 0 spiro atoms. The third-order valence-electron chi connectivity index (χ3n) is 2.80. The van der Waals surface area contributed by atoms with Gasteiger partial charge in [-0.05, 0) is 37.3 Å². The maximum Gasteiger partial charge on any atom is 0.328 e. The fourth-order valence-corrected chi connectivity index (χ4v) is 1.69. The highest BCUT2D eigenvalue weighted by Gasteiger charge is 2.23. The fraction of sp³-hybridized carbons (Fsp3) is 0.562. The number of hydrogen-bond acceptors (Lipinski definition) is 3. The normalized spacial score (nSPS) is 14.1. The first kappa shape index (κ1) is 15.7. The van der Waals surface area contributed by atoms with Crippen LogP contribution in [0.25, 0.3) is 0 Å². The lowest BCUT2D eigenvalue weighted by molar-refractivity contribution is -0.156. The Labute approximate surface area is 116 Å². The third-order valence-corrected chi connectivity index (χ3v) is 2.80. The lowest BCUT2D eigenvalue weighted by Crippen LogP contribution is -2.31. The molecule has 19 heavy (non-hydrogen) atoms. The summed E-state index contributed by atoms with van der Waals surface area (Å²) in [5.41, 5.74) is 7.50. The van der Waals surface area contributed by atoms with E-state index in [1.54, 1.807) is 0 Å². The third kappa shape index (κ3) is 4.67. The Morgan fingerprint density at radius 2 is 1.53 bits per heavy atom. The van der Waals surface area contributed by atoms with E-state index in [9.17, 15) is 4.79 Å². The van der Waals surface area contributed by atoms with Crippen molar-refractivity contribution in [3.05, 3.63) is 35.4 Å². The van der Waals surface area contributed by atoms with Crippen molar-refractivity contribution in [2.24, 2.45) is 5.73 Å². The number of rotatable bonds is 2. The number of nitrogens with two attached hydrogens (primary N) is 1. The van der Waals surface area contributed by atoms with Gasteiger partial charge < -0.3 is 10.5 Å². The molecular weight excluding hydrogens is 238 g/mol. The van der Waals surface area contributed by atoms with Crippen molar-refractivity contribution in [1.82, 2.24) is 0 Å². The average Bonchev–Trinajstić information content (AvgIpc) is 2.24. The summed E-state index contributed by atoms with van der Waals surface area (Å²) in [5.74, 6) is -0.393. The van der Waals surface area contributed by atoms with E-state index in [0.717, 1.165) is 5.56 Å². The van der Waals surface area contributed by atoms with Crippen molar-refractivity contribution in [1.29, 1.82) is 0 Å². The van der Waals surface area contributed by atoms with Crippen molar-refractivity contribution < 1.29 is 9.53 Å². The Morgan fingerprint density at radius 3 is 1.89 bits per heavy atom. The SMILES string of the molecule is CC(C)(C)OC(=O)C(N)c1ccc(C(C)(C)C)cc1. The summed E-state index contributed by atoms with van der Waals surface area (Å²) in [6, 6.07) is 7.09. The highest BCUT2D eigenvalue weighted by atomic mass is 16.6. The Hall–Kier alpha value is -1.35. The molecule has 1 atom stereocenters. The highest BCUT2D eigenvalue weighted by Crippen LogP contribution is 2.24. The van der Waals surface area contributed by atoms with E-state index in [1.807, 2.05) is 45.0 Å². The minimum atomic E-state index is -0.728. The second-order valence-corrected chi connectivity index (χ2v) is 6.88. The molecule has 2 N–H and O–H groups in total. The molecule has 0 bridgehead atoms. The van der Waals surface area contributed by atoms with Crippen LogP contribution < -0.4 is 5.73 Å². The first-order valence-electron chi connectivity index (χ1n) is 6.59. The molecule has 0 aliphatic heterocycles. The quantitative estimate of drug-likeness (QED) is 0.833. The lowest BCUT2D eigenvalue weighted by Gasteiger charge is -2.23. The van der Waals surface area contributed by atoms with Crippen LogP contribution in [0.1, 0.15) is 58.7 Å². The molecule has 1 unspecified atom stereocenters. The maximum absolute atomic E-state index is 11.9. The van der Waals surface area contributed by atoms with Crippen LogP contribution in [0, 0.1) is 0 Å². The predicted octanol–water partition coefficient (Wildman–Crippen LogP) is 3.33. The minimum Gasteiger partial charge on any atom is -0.459 e. The van der Waals surface area contributed by atoms with Crippen molar-refractivity contribution in [3.8, 4) is 0 Å². The number of carbonyl (C=O) groups excluding carboxylic acids is 1. The monoisotopic (exact) mass is 263 g/mol. The van der Waals surface area contributed by atoms with Crippen LogP contribution in [0.3, 0.4) is 0 Å². The standard InChI is InChI=1S/C16H25NO2/c1-15(2,3)12-9-7-11(8-10-12)13(17)14(18)19-16(4,5)6/h7-10,13H,17H2,1-6H3. The Balaban J connectivity index is 2.84. The first-order chi connectivity index (χ1) is 8.50. The number of benzene rings is 1. The molecule has 0 aliphatic carbocycles. The molecule has 0 saturated carbocycles. The fourth-order valence-electron chi connectivity index (χ4n) is 1.69. The van der Waals surface area contributed by atoms with Crippen molar-refractivity contribution in [2.75, 3.05) is 0 Å². The van der Waals surface area contributed by atoms with Crippen LogP contribution >= 0.6 is 0 Å². The number of hydrogen-bond donors (Lipinski definition) is 1. The Morgan fingerprint density at radius 1 is 1.05 bits per heavy atom. The molecule has 0 heterocycles. The molecule has 0 aliphatic rings. The van der Waals surface area contributed by atoms with Gasteiger partial charge in [0.2, 0.25) is 0 Å². The predicted molar refractivity (Wildman–Crippen MR) is 77.9 cm³/mol. The van der Waals surface area contributed by atoms with E-state index in [-0.39, 0.29) is 5.41 Å². The van der Waals surface area contributed by atoms with Crippen molar-refractivity contribution >= 4 is 5.97 Å². The largest absolute Gasteiger partial charge is 0.459 e. The van der Waals surface area contributed by atoms with Gasteiger partial charge in [-0.2, -0.15) is 0 Å². The average molecular weight is 263 g/mol. The van der Waals surface area contributed by atoms with E-state index >= 15 is 0 Å². The van der Waals surface area contributed by atoms with Crippen LogP contribution in [0.4, 0.5) is 0 Å². The van der Waals surface area contributed by atoms with E-state index in [0.29, 0.717) is 0 Å². The highest BCUT2D eigenvalue weighted by molar-refractivity contribution is 5.77. The van der Waals surface area contributed by atoms with Crippen LogP contribution in [0.5, 0.6) is 0 Å². The van der Waals surface area contributed by atoms with E-state index < -0.39 is 17.6 Å². The van der Waals surface area contributed by atoms with E-state index in [4.69, 9.17) is 10.5 Å². The van der Waals surface area contributed by atoms with Crippen LogP contribution in [-0.2, 0) is 14.9 Å². The van der Waals surface area contributed by atoms with Crippen LogP contribution in [-0.4, -0.2) is 11.6 Å². The zero-order chi connectivity index (χ0) is 14.8. The number of carbonyl (C=O) groups is 1. The van der Waals surface area contributed by atoms with E-state index in [2.05, 4.69) is 20.8 Å². The van der Waals surface area contributed by atoms with Gasteiger partial charge in [-0.3, -0.25) is 0 Å². The summed E-state index contributed by atoms with van der Waals surface area (Å²) in [5, 5.41) is 0. The maximum atomic E-state index is 11.9. The second-order valence-electron chi connectivity index (χ2n) is 6.88. The Kier molecular flexibility index (Phi) is 4.41. The summed E-state index contributed by atoms with van der Waals surface area (Å²) >= 11 is 0. The first-order valence-corrected chi connectivity index (χ1v) is 6.59. The molecule has 1 aromatic rings. The summed E-state index contributed by atoms with van der Waals surface area (Å²) in [7, 11) is 0. The van der Waals surface area contributed by atoms with Gasteiger partial charge in [-0.25, -0.2) is 4.79 Å².